The summed E-state index contributed by atoms with van der Waals surface area (Å²) in [7, 11) is 0.436. The van der Waals surface area contributed by atoms with E-state index in [1.165, 1.54) is 17.4 Å². The molecule has 25 heavy (non-hydrogen) atoms. The number of aldehydes is 1. The minimum atomic E-state index is -1.37. The van der Waals surface area contributed by atoms with Crippen molar-refractivity contribution < 1.29 is 19.2 Å². The predicted molar refractivity (Wildman–Crippen MR) is 101 cm³/mol. The van der Waals surface area contributed by atoms with Crippen molar-refractivity contribution in [2.75, 3.05) is 12.4 Å². The molecule has 0 spiro atoms. The Kier molecular flexibility index (Phi) is 6.88. The first-order valence-electron chi connectivity index (χ1n) is 7.49. The zero-order chi connectivity index (χ0) is 18.2. The fourth-order valence-electron chi connectivity index (χ4n) is 2.04. The van der Waals surface area contributed by atoms with Crippen LogP contribution in [0, 0.1) is 5.82 Å². The molecule has 1 heterocycles. The molecule has 0 atom stereocenters. The fourth-order valence-corrected chi connectivity index (χ4v) is 2.89. The number of halogens is 1. The first-order chi connectivity index (χ1) is 12.0. The fraction of sp³-hybridized carbons (Fsp3) is 0.0556. The number of carbonyl (C=O) groups excluding carboxylic acids is 1. The van der Waals surface area contributed by atoms with Crippen LogP contribution < -0.4 is 10.8 Å². The lowest BCUT2D eigenvalue weighted by Crippen LogP contribution is -2.29. The highest BCUT2D eigenvalue weighted by molar-refractivity contribution is 7.17. The molecule has 0 saturated heterocycles. The Balaban J connectivity index is 0.000000186. The molecule has 0 unspecified atom stereocenters. The van der Waals surface area contributed by atoms with E-state index in [0.717, 1.165) is 16.9 Å². The first kappa shape index (κ1) is 18.9. The van der Waals surface area contributed by atoms with Gasteiger partial charge in [-0.3, -0.25) is 4.79 Å². The van der Waals surface area contributed by atoms with Gasteiger partial charge in [0.2, 0.25) is 0 Å². The lowest BCUT2D eigenvalue weighted by molar-refractivity contribution is 0.112. The Hall–Kier alpha value is -2.48. The average molecular weight is 357 g/mol. The van der Waals surface area contributed by atoms with Crippen LogP contribution in [0.4, 0.5) is 10.1 Å². The molecule has 0 saturated carbocycles. The maximum absolute atomic E-state index is 13.3. The van der Waals surface area contributed by atoms with Crippen molar-refractivity contribution in [2.45, 2.75) is 0 Å². The molecule has 4 nitrogen and oxygen atoms in total. The molecule has 0 fully saturated rings. The molecule has 0 amide bonds. The molecule has 0 bridgehead atoms. The van der Waals surface area contributed by atoms with Gasteiger partial charge in [-0.15, -0.1) is 11.3 Å². The summed E-state index contributed by atoms with van der Waals surface area (Å²) in [5.41, 5.74) is 2.00. The number of nitrogens with one attached hydrogen (secondary N) is 1. The third-order valence-electron chi connectivity index (χ3n) is 3.38. The largest absolute Gasteiger partial charge is 0.488 e. The van der Waals surface area contributed by atoms with E-state index in [0.29, 0.717) is 15.9 Å². The Morgan fingerprint density at radius 1 is 1.04 bits per heavy atom. The van der Waals surface area contributed by atoms with E-state index in [1.807, 2.05) is 7.05 Å². The molecule has 0 aliphatic heterocycles. The number of hydrogen-bond donors (Lipinski definition) is 3. The SMILES string of the molecule is CNc1ccc(B(O)O)cc1.O=Cc1ccc(-c2ccccc2F)s1. The molecule has 3 aromatic rings. The number of benzene rings is 2. The smallest absolute Gasteiger partial charge is 0.423 e. The summed E-state index contributed by atoms with van der Waals surface area (Å²) in [6.45, 7) is 0. The summed E-state index contributed by atoms with van der Waals surface area (Å²) < 4.78 is 13.3. The van der Waals surface area contributed by atoms with Gasteiger partial charge in [0, 0.05) is 23.2 Å². The standard InChI is InChI=1S/C11H7FOS.C7H10BNO2/c12-10-4-2-1-3-9(10)11-6-5-8(7-13)14-11;1-9-7-4-2-6(3-5-7)8(10)11/h1-7H;2-5,9-11H,1H3. The van der Waals surface area contributed by atoms with Gasteiger partial charge in [-0.1, -0.05) is 30.3 Å². The number of rotatable bonds is 4. The Labute approximate surface area is 149 Å². The molecule has 3 rings (SSSR count). The van der Waals surface area contributed by atoms with Crippen LogP contribution in [0.25, 0.3) is 10.4 Å². The van der Waals surface area contributed by atoms with Crippen LogP contribution in [0.15, 0.2) is 60.7 Å². The van der Waals surface area contributed by atoms with Gasteiger partial charge in [-0.25, -0.2) is 4.39 Å². The zero-order valence-corrected chi connectivity index (χ0v) is 14.3. The molecule has 128 valence electrons. The molecule has 7 heteroatoms. The topological polar surface area (TPSA) is 69.6 Å². The second-order valence-corrected chi connectivity index (χ2v) is 6.16. The van der Waals surface area contributed by atoms with E-state index in [2.05, 4.69) is 5.32 Å². The lowest BCUT2D eigenvalue weighted by Gasteiger charge is -2.01. The van der Waals surface area contributed by atoms with Crippen molar-refractivity contribution in [3.63, 3.8) is 0 Å². The Bertz CT molecular complexity index is 821. The monoisotopic (exact) mass is 357 g/mol. The maximum Gasteiger partial charge on any atom is 0.488 e. The van der Waals surface area contributed by atoms with Gasteiger partial charge in [-0.2, -0.15) is 0 Å². The normalized spacial score (nSPS) is 9.76. The van der Waals surface area contributed by atoms with Crippen LogP contribution in [0.3, 0.4) is 0 Å². The third-order valence-corrected chi connectivity index (χ3v) is 4.42. The average Bonchev–Trinajstić information content (AvgIpc) is 3.11. The summed E-state index contributed by atoms with van der Waals surface area (Å²) >= 11 is 1.29. The lowest BCUT2D eigenvalue weighted by atomic mass is 9.80. The van der Waals surface area contributed by atoms with Crippen molar-refractivity contribution in [2.24, 2.45) is 0 Å². The summed E-state index contributed by atoms with van der Waals surface area (Å²) in [4.78, 5) is 11.8. The number of carbonyl (C=O) groups is 1. The van der Waals surface area contributed by atoms with Crippen molar-refractivity contribution in [1.82, 2.24) is 0 Å². The van der Waals surface area contributed by atoms with E-state index in [9.17, 15) is 9.18 Å². The van der Waals surface area contributed by atoms with Crippen LogP contribution in [-0.4, -0.2) is 30.5 Å². The van der Waals surface area contributed by atoms with Gasteiger partial charge in [0.1, 0.15) is 5.82 Å². The summed E-state index contributed by atoms with van der Waals surface area (Å²) in [5, 5.41) is 20.4. The van der Waals surface area contributed by atoms with E-state index < -0.39 is 7.12 Å². The third kappa shape index (κ3) is 5.25. The summed E-state index contributed by atoms with van der Waals surface area (Å²) in [5.74, 6) is -0.258. The summed E-state index contributed by atoms with van der Waals surface area (Å²) in [6, 6.07) is 16.9. The Morgan fingerprint density at radius 2 is 1.72 bits per heavy atom. The quantitative estimate of drug-likeness (QED) is 0.496. The first-order valence-corrected chi connectivity index (χ1v) is 8.30. The van der Waals surface area contributed by atoms with E-state index in [4.69, 9.17) is 10.0 Å². The van der Waals surface area contributed by atoms with Crippen LogP contribution in [0.1, 0.15) is 9.67 Å². The highest BCUT2D eigenvalue weighted by atomic mass is 32.1. The molecule has 0 aliphatic carbocycles. The molecule has 2 aromatic carbocycles. The second-order valence-electron chi connectivity index (χ2n) is 5.05. The zero-order valence-electron chi connectivity index (χ0n) is 13.5. The van der Waals surface area contributed by atoms with E-state index in [1.54, 1.807) is 54.6 Å². The van der Waals surface area contributed by atoms with Crippen LogP contribution in [0.5, 0.6) is 0 Å². The van der Waals surface area contributed by atoms with Gasteiger partial charge in [0.25, 0.3) is 0 Å². The molecule has 0 radical (unpaired) electrons. The van der Waals surface area contributed by atoms with Gasteiger partial charge in [0.05, 0.1) is 4.88 Å². The summed E-state index contributed by atoms with van der Waals surface area (Å²) in [6.07, 6.45) is 0.773. The van der Waals surface area contributed by atoms with Crippen molar-refractivity contribution in [3.05, 3.63) is 71.4 Å². The van der Waals surface area contributed by atoms with E-state index in [-0.39, 0.29) is 5.82 Å². The molecule has 0 aliphatic rings. The maximum atomic E-state index is 13.3. The minimum absolute atomic E-state index is 0.258. The van der Waals surface area contributed by atoms with Gasteiger partial charge < -0.3 is 15.4 Å². The van der Waals surface area contributed by atoms with Gasteiger partial charge in [0.15, 0.2) is 6.29 Å². The van der Waals surface area contributed by atoms with Crippen molar-refractivity contribution in [1.29, 1.82) is 0 Å². The predicted octanol–water partition coefficient (Wildman–Crippen LogP) is 2.77. The highest BCUT2D eigenvalue weighted by Crippen LogP contribution is 2.28. The van der Waals surface area contributed by atoms with Crippen LogP contribution in [-0.2, 0) is 0 Å². The number of hydrogen-bond acceptors (Lipinski definition) is 5. The van der Waals surface area contributed by atoms with Crippen molar-refractivity contribution in [3.8, 4) is 10.4 Å². The molecule has 1 aromatic heterocycles. The van der Waals surface area contributed by atoms with Crippen LogP contribution >= 0.6 is 11.3 Å². The minimum Gasteiger partial charge on any atom is -0.423 e. The highest BCUT2D eigenvalue weighted by Gasteiger charge is 2.09. The number of anilines is 1. The Morgan fingerprint density at radius 3 is 2.24 bits per heavy atom. The molecule has 3 N–H and O–H groups in total. The van der Waals surface area contributed by atoms with Crippen molar-refractivity contribution >= 4 is 35.9 Å². The molecular formula is C18H17BFNO3S. The van der Waals surface area contributed by atoms with Crippen LogP contribution in [0.2, 0.25) is 0 Å². The van der Waals surface area contributed by atoms with Gasteiger partial charge in [-0.05, 0) is 35.8 Å². The van der Waals surface area contributed by atoms with Gasteiger partial charge >= 0.3 is 7.12 Å². The second kappa shape index (κ2) is 9.12. The molecular weight excluding hydrogens is 340 g/mol. The number of thiophene rings is 1. The van der Waals surface area contributed by atoms with E-state index >= 15 is 0 Å².